The predicted octanol–water partition coefficient (Wildman–Crippen LogP) is 2.34. The average Bonchev–Trinajstić information content (AvgIpc) is 2.20. The van der Waals surface area contributed by atoms with E-state index in [1.807, 2.05) is 6.92 Å². The van der Waals surface area contributed by atoms with Crippen molar-refractivity contribution in [3.8, 4) is 5.75 Å². The molecule has 1 N–H and O–H groups in total. The molecular formula is C10H11BrN2O2. The molecule has 1 aromatic heterocycles. The number of rotatable bonds is 1. The number of pyridine rings is 1. The van der Waals surface area contributed by atoms with Crippen molar-refractivity contribution in [3.63, 3.8) is 0 Å². The summed E-state index contributed by atoms with van der Waals surface area (Å²) in [6, 6.07) is 1.80. The van der Waals surface area contributed by atoms with Crippen LogP contribution in [0, 0.1) is 0 Å². The van der Waals surface area contributed by atoms with Gasteiger partial charge in [0.15, 0.2) is 17.2 Å². The summed E-state index contributed by atoms with van der Waals surface area (Å²) in [5.41, 5.74) is -0.796. The summed E-state index contributed by atoms with van der Waals surface area (Å²) in [5, 5.41) is 2.73. The van der Waals surface area contributed by atoms with Crippen molar-refractivity contribution < 1.29 is 9.53 Å². The first kappa shape index (κ1) is 10.4. The molecule has 1 amide bonds. The van der Waals surface area contributed by atoms with Crippen LogP contribution in [0.2, 0.25) is 0 Å². The van der Waals surface area contributed by atoms with E-state index in [1.165, 1.54) is 0 Å². The lowest BCUT2D eigenvalue weighted by Crippen LogP contribution is -2.48. The van der Waals surface area contributed by atoms with Gasteiger partial charge in [-0.15, -0.1) is 0 Å². The van der Waals surface area contributed by atoms with Crippen molar-refractivity contribution in [2.45, 2.75) is 25.9 Å². The van der Waals surface area contributed by atoms with E-state index in [1.54, 1.807) is 19.2 Å². The maximum atomic E-state index is 11.7. The van der Waals surface area contributed by atoms with E-state index >= 15 is 0 Å². The number of carbonyl (C=O) groups excluding carboxylic acids is 1. The summed E-state index contributed by atoms with van der Waals surface area (Å²) in [6.07, 6.45) is 2.24. The number of fused-ring (bicyclic) bond motifs is 1. The molecule has 0 aromatic carbocycles. The number of ether oxygens (including phenoxy) is 1. The lowest BCUT2D eigenvalue weighted by atomic mass is 10.0. The summed E-state index contributed by atoms with van der Waals surface area (Å²) in [7, 11) is 0. The maximum absolute atomic E-state index is 11.7. The smallest absolute Gasteiger partial charge is 0.269 e. The van der Waals surface area contributed by atoms with Gasteiger partial charge in [-0.1, -0.05) is 6.92 Å². The molecule has 2 heterocycles. The van der Waals surface area contributed by atoms with Gasteiger partial charge in [0, 0.05) is 10.7 Å². The summed E-state index contributed by atoms with van der Waals surface area (Å²) >= 11 is 3.31. The van der Waals surface area contributed by atoms with E-state index in [2.05, 4.69) is 26.2 Å². The quantitative estimate of drug-likeness (QED) is 0.852. The van der Waals surface area contributed by atoms with E-state index in [0.29, 0.717) is 18.0 Å². The number of nitrogens with one attached hydrogen (secondary N) is 1. The predicted molar refractivity (Wildman–Crippen MR) is 59.9 cm³/mol. The fourth-order valence-corrected chi connectivity index (χ4v) is 1.66. The summed E-state index contributed by atoms with van der Waals surface area (Å²) in [6.45, 7) is 3.68. The highest BCUT2D eigenvalue weighted by Crippen LogP contribution is 2.34. The molecule has 0 saturated carbocycles. The molecule has 0 bridgehead atoms. The van der Waals surface area contributed by atoms with Crippen molar-refractivity contribution >= 4 is 27.7 Å². The maximum Gasteiger partial charge on any atom is 0.269 e. The Kier molecular flexibility index (Phi) is 2.42. The van der Waals surface area contributed by atoms with Crippen LogP contribution in [0.1, 0.15) is 20.3 Å². The first-order chi connectivity index (χ1) is 7.05. The third-order valence-corrected chi connectivity index (χ3v) is 2.98. The zero-order valence-electron chi connectivity index (χ0n) is 8.50. The van der Waals surface area contributed by atoms with Crippen LogP contribution in [0.5, 0.6) is 5.75 Å². The van der Waals surface area contributed by atoms with Gasteiger partial charge in [0.05, 0.1) is 0 Å². The summed E-state index contributed by atoms with van der Waals surface area (Å²) in [4.78, 5) is 15.8. The number of nitrogens with zero attached hydrogens (tertiary/aromatic N) is 1. The number of hydrogen-bond donors (Lipinski definition) is 1. The molecule has 1 aliphatic heterocycles. The molecule has 0 aliphatic carbocycles. The minimum atomic E-state index is -0.796. The van der Waals surface area contributed by atoms with Gasteiger partial charge in [-0.05, 0) is 35.3 Å². The summed E-state index contributed by atoms with van der Waals surface area (Å²) in [5.74, 6) is 0.940. The molecule has 1 aromatic rings. The molecule has 1 aliphatic rings. The van der Waals surface area contributed by atoms with Crippen LogP contribution in [-0.4, -0.2) is 16.5 Å². The topological polar surface area (TPSA) is 51.2 Å². The van der Waals surface area contributed by atoms with E-state index in [4.69, 9.17) is 4.74 Å². The van der Waals surface area contributed by atoms with Crippen molar-refractivity contribution in [1.82, 2.24) is 4.98 Å². The van der Waals surface area contributed by atoms with Crippen LogP contribution in [0.4, 0.5) is 5.82 Å². The first-order valence-corrected chi connectivity index (χ1v) is 5.50. The van der Waals surface area contributed by atoms with Crippen LogP contribution >= 0.6 is 15.9 Å². The average molecular weight is 271 g/mol. The second-order valence-electron chi connectivity index (χ2n) is 3.64. The Balaban J connectivity index is 2.43. The molecule has 1 atom stereocenters. The highest BCUT2D eigenvalue weighted by molar-refractivity contribution is 9.10. The molecule has 4 nitrogen and oxygen atoms in total. The number of amides is 1. The standard InChI is InChI=1S/C10H11BrN2O2/c1-3-10(2)9(14)13-8-7(15-10)4-6(11)5-12-8/h4-5H,3H2,1-2H3,(H,12,13,14). The molecule has 80 valence electrons. The van der Waals surface area contributed by atoms with Gasteiger partial charge in [0.2, 0.25) is 0 Å². The number of hydrogen-bond acceptors (Lipinski definition) is 3. The molecule has 2 rings (SSSR count). The lowest BCUT2D eigenvalue weighted by Gasteiger charge is -2.33. The third kappa shape index (κ3) is 1.71. The minimum absolute atomic E-state index is 0.146. The highest BCUT2D eigenvalue weighted by atomic mass is 79.9. The van der Waals surface area contributed by atoms with Gasteiger partial charge in [-0.3, -0.25) is 4.79 Å². The molecule has 0 spiro atoms. The Morgan fingerprint density at radius 1 is 1.67 bits per heavy atom. The lowest BCUT2D eigenvalue weighted by molar-refractivity contribution is -0.131. The number of anilines is 1. The van der Waals surface area contributed by atoms with Gasteiger partial charge < -0.3 is 10.1 Å². The fraction of sp³-hybridized carbons (Fsp3) is 0.400. The van der Waals surface area contributed by atoms with Crippen LogP contribution in [0.25, 0.3) is 0 Å². The van der Waals surface area contributed by atoms with Crippen molar-refractivity contribution in [2.75, 3.05) is 5.32 Å². The first-order valence-electron chi connectivity index (χ1n) is 4.71. The zero-order chi connectivity index (χ0) is 11.1. The molecule has 15 heavy (non-hydrogen) atoms. The monoisotopic (exact) mass is 270 g/mol. The largest absolute Gasteiger partial charge is 0.474 e. The van der Waals surface area contributed by atoms with E-state index < -0.39 is 5.60 Å². The highest BCUT2D eigenvalue weighted by Gasteiger charge is 2.38. The fourth-order valence-electron chi connectivity index (χ4n) is 1.35. The molecule has 0 saturated heterocycles. The zero-order valence-corrected chi connectivity index (χ0v) is 10.1. The molecule has 0 fully saturated rings. The van der Waals surface area contributed by atoms with Gasteiger partial charge in [-0.2, -0.15) is 0 Å². The van der Waals surface area contributed by atoms with Crippen LogP contribution in [0.3, 0.4) is 0 Å². The van der Waals surface area contributed by atoms with Crippen molar-refractivity contribution in [2.24, 2.45) is 0 Å². The Hall–Kier alpha value is -1.10. The van der Waals surface area contributed by atoms with E-state index in [9.17, 15) is 4.79 Å². The van der Waals surface area contributed by atoms with Gasteiger partial charge in [-0.25, -0.2) is 4.98 Å². The van der Waals surface area contributed by atoms with Gasteiger partial charge >= 0.3 is 0 Å². The molecule has 5 heteroatoms. The SMILES string of the molecule is CCC1(C)Oc2cc(Br)cnc2NC1=O. The number of halogens is 1. The molecule has 1 unspecified atom stereocenters. The number of carbonyl (C=O) groups is 1. The molecular weight excluding hydrogens is 260 g/mol. The molecule has 0 radical (unpaired) electrons. The number of aromatic nitrogens is 1. The normalized spacial score (nSPS) is 24.1. The van der Waals surface area contributed by atoms with Crippen LogP contribution < -0.4 is 10.1 Å². The minimum Gasteiger partial charge on any atom is -0.474 e. The van der Waals surface area contributed by atoms with Gasteiger partial charge in [0.25, 0.3) is 5.91 Å². The Labute approximate surface area is 96.2 Å². The Morgan fingerprint density at radius 3 is 3.07 bits per heavy atom. The van der Waals surface area contributed by atoms with E-state index in [0.717, 1.165) is 4.47 Å². The Bertz CT molecular complexity index is 422. The van der Waals surface area contributed by atoms with Crippen molar-refractivity contribution in [3.05, 3.63) is 16.7 Å². The second kappa shape index (κ2) is 3.48. The van der Waals surface area contributed by atoms with Crippen LogP contribution in [-0.2, 0) is 4.79 Å². The second-order valence-corrected chi connectivity index (χ2v) is 4.56. The van der Waals surface area contributed by atoms with Crippen molar-refractivity contribution in [1.29, 1.82) is 0 Å². The van der Waals surface area contributed by atoms with E-state index in [-0.39, 0.29) is 5.91 Å². The van der Waals surface area contributed by atoms with Gasteiger partial charge in [0.1, 0.15) is 0 Å². The third-order valence-electron chi connectivity index (χ3n) is 2.54. The van der Waals surface area contributed by atoms with Crippen LogP contribution in [0.15, 0.2) is 16.7 Å². The summed E-state index contributed by atoms with van der Waals surface area (Å²) < 4.78 is 6.49. The Morgan fingerprint density at radius 2 is 2.40 bits per heavy atom.